The zero-order chi connectivity index (χ0) is 12.4. The molecule has 0 aromatic heterocycles. The molecule has 0 saturated carbocycles. The fraction of sp³-hybridized carbons (Fsp3) is 0.286. The van der Waals surface area contributed by atoms with Gasteiger partial charge in [-0.3, -0.25) is 4.79 Å². The number of fused-ring (bicyclic) bond motifs is 1. The third kappa shape index (κ3) is 2.14. The Bertz CT molecular complexity index is 507. The van der Waals surface area contributed by atoms with Gasteiger partial charge in [0.15, 0.2) is 0 Å². The lowest BCUT2D eigenvalue weighted by molar-refractivity contribution is -0.123. The van der Waals surface area contributed by atoms with Crippen LogP contribution in [0.5, 0.6) is 0 Å². The summed E-state index contributed by atoms with van der Waals surface area (Å²) in [5, 5.41) is 2.66. The van der Waals surface area contributed by atoms with Crippen LogP contribution in [-0.2, 0) is 11.3 Å². The van der Waals surface area contributed by atoms with E-state index < -0.39 is 0 Å². The lowest BCUT2D eigenvalue weighted by atomic mass is 9.96. The summed E-state index contributed by atoms with van der Waals surface area (Å²) in [6.45, 7) is 1.76. The minimum absolute atomic E-state index is 0.0654. The smallest absolute Gasteiger partial charge is 0.234 e. The highest BCUT2D eigenvalue weighted by Crippen LogP contribution is 2.25. The highest BCUT2D eigenvalue weighted by Gasteiger charge is 2.29. The number of amides is 1. The van der Waals surface area contributed by atoms with Gasteiger partial charge in [-0.05, 0) is 12.0 Å². The molecule has 18 heavy (non-hydrogen) atoms. The largest absolute Gasteiger partial charge is 0.372 e. The highest BCUT2D eigenvalue weighted by molar-refractivity contribution is 5.93. The molecule has 4 nitrogen and oxygen atoms in total. The molecule has 92 valence electrons. The van der Waals surface area contributed by atoms with Gasteiger partial charge in [0.1, 0.15) is 0 Å². The third-order valence-electron chi connectivity index (χ3n) is 3.34. The van der Waals surface area contributed by atoms with Gasteiger partial charge in [0, 0.05) is 19.3 Å². The number of hydrogen-bond donors (Lipinski definition) is 1. The van der Waals surface area contributed by atoms with Crippen molar-refractivity contribution < 1.29 is 4.79 Å². The molecule has 2 heterocycles. The Labute approximate surface area is 106 Å². The Morgan fingerprint density at radius 3 is 3.00 bits per heavy atom. The summed E-state index contributed by atoms with van der Waals surface area (Å²) < 4.78 is 0. The number of hydrogen-bond acceptors (Lipinski definition) is 3. The molecule has 1 amide bonds. The van der Waals surface area contributed by atoms with Crippen LogP contribution in [0, 0.1) is 5.92 Å². The Morgan fingerprint density at radius 2 is 2.17 bits per heavy atom. The lowest BCUT2D eigenvalue weighted by Crippen LogP contribution is -2.39. The van der Waals surface area contributed by atoms with Gasteiger partial charge >= 0.3 is 0 Å². The first kappa shape index (κ1) is 11.0. The van der Waals surface area contributed by atoms with Gasteiger partial charge < -0.3 is 10.2 Å². The quantitative estimate of drug-likeness (QED) is 0.853. The predicted octanol–water partition coefficient (Wildman–Crippen LogP) is 1.51. The normalized spacial score (nSPS) is 22.2. The summed E-state index contributed by atoms with van der Waals surface area (Å²) in [5.74, 6) is -0.00219. The van der Waals surface area contributed by atoms with Gasteiger partial charge in [-0.2, -0.15) is 0 Å². The summed E-state index contributed by atoms with van der Waals surface area (Å²) in [4.78, 5) is 18.1. The first-order valence-electron chi connectivity index (χ1n) is 6.15. The zero-order valence-corrected chi connectivity index (χ0v) is 10.0. The van der Waals surface area contributed by atoms with Crippen molar-refractivity contribution >= 4 is 12.2 Å². The molecule has 0 saturated heterocycles. The standard InChI is InChI=1S/C14H15N3O/c18-14-12-6-7-17(9-13(12)15-10-16-14)8-11-4-2-1-3-5-11/h1-5,9-10,12H,6-8H2,(H,15,16,18). The molecular weight excluding hydrogens is 226 g/mol. The van der Waals surface area contributed by atoms with Gasteiger partial charge in [0.25, 0.3) is 0 Å². The highest BCUT2D eigenvalue weighted by atomic mass is 16.2. The van der Waals surface area contributed by atoms with Gasteiger partial charge in [-0.15, -0.1) is 0 Å². The second-order valence-corrected chi connectivity index (χ2v) is 4.62. The Morgan fingerprint density at radius 1 is 1.33 bits per heavy atom. The van der Waals surface area contributed by atoms with Gasteiger partial charge in [0.2, 0.25) is 5.91 Å². The zero-order valence-electron chi connectivity index (χ0n) is 10.0. The van der Waals surface area contributed by atoms with E-state index in [0.29, 0.717) is 0 Å². The molecule has 1 aromatic rings. The van der Waals surface area contributed by atoms with E-state index in [1.165, 1.54) is 11.9 Å². The van der Waals surface area contributed by atoms with Crippen LogP contribution in [0.15, 0.2) is 47.2 Å². The molecule has 4 heteroatoms. The maximum absolute atomic E-state index is 11.6. The average Bonchev–Trinajstić information content (AvgIpc) is 2.40. The molecule has 0 bridgehead atoms. The molecule has 0 spiro atoms. The van der Waals surface area contributed by atoms with Crippen LogP contribution in [0.25, 0.3) is 0 Å². The average molecular weight is 241 g/mol. The van der Waals surface area contributed by atoms with E-state index in [-0.39, 0.29) is 11.8 Å². The van der Waals surface area contributed by atoms with Crippen molar-refractivity contribution in [3.8, 4) is 0 Å². The van der Waals surface area contributed by atoms with Crippen LogP contribution in [0.1, 0.15) is 12.0 Å². The Kier molecular flexibility index (Phi) is 2.84. The second-order valence-electron chi connectivity index (χ2n) is 4.62. The summed E-state index contributed by atoms with van der Waals surface area (Å²) in [7, 11) is 0. The maximum Gasteiger partial charge on any atom is 0.234 e. The summed E-state index contributed by atoms with van der Waals surface area (Å²) in [6, 6.07) is 10.3. The van der Waals surface area contributed by atoms with E-state index in [1.54, 1.807) is 0 Å². The number of nitrogens with zero attached hydrogens (tertiary/aromatic N) is 2. The van der Waals surface area contributed by atoms with Crippen LogP contribution >= 0.6 is 0 Å². The van der Waals surface area contributed by atoms with Crippen LogP contribution in [0.2, 0.25) is 0 Å². The summed E-state index contributed by atoms with van der Waals surface area (Å²) >= 11 is 0. The first-order chi connectivity index (χ1) is 8.83. The SMILES string of the molecule is O=C1NC=NC2=CN(Cc3ccccc3)CCC12. The minimum atomic E-state index is -0.0676. The van der Waals surface area contributed by atoms with Crippen molar-refractivity contribution in [1.29, 1.82) is 0 Å². The predicted molar refractivity (Wildman–Crippen MR) is 69.7 cm³/mol. The third-order valence-corrected chi connectivity index (χ3v) is 3.34. The van der Waals surface area contributed by atoms with Crippen LogP contribution in [-0.4, -0.2) is 23.7 Å². The number of benzene rings is 1. The number of carbonyl (C=O) groups excluding carboxylic acids is 1. The molecule has 3 rings (SSSR count). The van der Waals surface area contributed by atoms with E-state index in [9.17, 15) is 4.79 Å². The number of aliphatic imine (C=N–C) groups is 1. The van der Waals surface area contributed by atoms with Crippen molar-refractivity contribution in [2.75, 3.05) is 6.54 Å². The van der Waals surface area contributed by atoms with Gasteiger partial charge in [0.05, 0.1) is 18.0 Å². The van der Waals surface area contributed by atoms with Crippen molar-refractivity contribution in [2.45, 2.75) is 13.0 Å². The molecule has 0 aliphatic carbocycles. The monoisotopic (exact) mass is 241 g/mol. The van der Waals surface area contributed by atoms with Crippen LogP contribution < -0.4 is 5.32 Å². The van der Waals surface area contributed by atoms with Crippen molar-refractivity contribution in [3.63, 3.8) is 0 Å². The second kappa shape index (κ2) is 4.64. The molecule has 2 aliphatic rings. The first-order valence-corrected chi connectivity index (χ1v) is 6.15. The topological polar surface area (TPSA) is 44.7 Å². The van der Waals surface area contributed by atoms with E-state index in [2.05, 4.69) is 27.3 Å². The number of carbonyl (C=O) groups is 1. The number of nitrogens with one attached hydrogen (secondary N) is 1. The van der Waals surface area contributed by atoms with Crippen LogP contribution in [0.4, 0.5) is 0 Å². The van der Waals surface area contributed by atoms with Crippen LogP contribution in [0.3, 0.4) is 0 Å². The Balaban J connectivity index is 1.77. The molecule has 2 aliphatic heterocycles. The molecule has 1 atom stereocenters. The molecular formula is C14H15N3O. The Hall–Kier alpha value is -2.10. The molecule has 0 radical (unpaired) electrons. The fourth-order valence-corrected chi connectivity index (χ4v) is 2.39. The molecule has 1 aromatic carbocycles. The van der Waals surface area contributed by atoms with Crippen molar-refractivity contribution in [2.24, 2.45) is 10.9 Å². The van der Waals surface area contributed by atoms with E-state index >= 15 is 0 Å². The van der Waals surface area contributed by atoms with Crippen molar-refractivity contribution in [3.05, 3.63) is 47.8 Å². The van der Waals surface area contributed by atoms with E-state index in [0.717, 1.165) is 25.2 Å². The van der Waals surface area contributed by atoms with Gasteiger partial charge in [-0.1, -0.05) is 30.3 Å². The fourth-order valence-electron chi connectivity index (χ4n) is 2.39. The maximum atomic E-state index is 11.6. The van der Waals surface area contributed by atoms with E-state index in [4.69, 9.17) is 0 Å². The molecule has 1 N–H and O–H groups in total. The lowest BCUT2D eigenvalue weighted by Gasteiger charge is -2.31. The summed E-state index contributed by atoms with van der Waals surface area (Å²) in [6.07, 6.45) is 4.33. The molecule has 1 unspecified atom stereocenters. The van der Waals surface area contributed by atoms with Gasteiger partial charge in [-0.25, -0.2) is 4.99 Å². The van der Waals surface area contributed by atoms with Crippen molar-refractivity contribution in [1.82, 2.24) is 10.2 Å². The molecule has 0 fully saturated rings. The summed E-state index contributed by atoms with van der Waals surface area (Å²) in [5.41, 5.74) is 2.15. The van der Waals surface area contributed by atoms with E-state index in [1.807, 2.05) is 24.4 Å². The number of rotatable bonds is 2. The minimum Gasteiger partial charge on any atom is -0.372 e.